The van der Waals surface area contributed by atoms with Crippen LogP contribution in [0.3, 0.4) is 0 Å². The van der Waals surface area contributed by atoms with Gasteiger partial charge in [0.1, 0.15) is 17.9 Å². The van der Waals surface area contributed by atoms with Crippen LogP contribution in [0.5, 0.6) is 0 Å². The number of aliphatic carboxylic acids is 4. The maximum Gasteiger partial charge on any atom is 0.327 e. The van der Waals surface area contributed by atoms with Gasteiger partial charge in [0, 0.05) is 55.7 Å². The molecule has 5 atom stereocenters. The lowest BCUT2D eigenvalue weighted by Gasteiger charge is -2.24. The van der Waals surface area contributed by atoms with Crippen molar-refractivity contribution in [1.82, 2.24) is 35.9 Å². The third kappa shape index (κ3) is 20.1. The van der Waals surface area contributed by atoms with Gasteiger partial charge in [-0.3, -0.25) is 48.3 Å². The Morgan fingerprint density at radius 1 is 0.800 bits per heavy atom. The molecular formula is C41H54N12O15S2. The Hall–Kier alpha value is -7.40. The molecule has 0 saturated heterocycles. The third-order valence-corrected chi connectivity index (χ3v) is 12.3. The Kier molecular flexibility index (Phi) is 23.4. The molecule has 29 heteroatoms. The number of fused-ring (bicyclic) bond motifs is 1. The first-order valence-electron chi connectivity index (χ1n) is 21.2. The van der Waals surface area contributed by atoms with Gasteiger partial charge in [0.2, 0.25) is 17.8 Å². The van der Waals surface area contributed by atoms with Crippen molar-refractivity contribution in [2.45, 2.75) is 76.0 Å². The van der Waals surface area contributed by atoms with Gasteiger partial charge in [-0.05, 0) is 43.5 Å². The molecule has 15 N–H and O–H groups in total. The molecule has 0 radical (unpaired) electrons. The zero-order valence-electron chi connectivity index (χ0n) is 37.6. The van der Waals surface area contributed by atoms with Crippen LogP contribution in [0, 0.1) is 11.8 Å². The van der Waals surface area contributed by atoms with Crippen LogP contribution in [0.15, 0.2) is 40.2 Å². The predicted molar refractivity (Wildman–Crippen MR) is 253 cm³/mol. The minimum absolute atomic E-state index is 0.0202. The number of guanidine groups is 1. The topological polar surface area (TPSA) is 454 Å². The number of aromatic amines is 1. The van der Waals surface area contributed by atoms with Gasteiger partial charge in [0.05, 0.1) is 55.8 Å². The van der Waals surface area contributed by atoms with Crippen molar-refractivity contribution in [2.24, 2.45) is 28.3 Å². The highest BCUT2D eigenvalue weighted by atomic mass is 33.1. The summed E-state index contributed by atoms with van der Waals surface area (Å²) in [5.41, 5.74) is 16.7. The molecule has 0 aliphatic rings. The average Bonchev–Trinajstić information content (AvgIpc) is 3.29. The van der Waals surface area contributed by atoms with Crippen molar-refractivity contribution < 1.29 is 68.3 Å². The lowest BCUT2D eigenvalue weighted by molar-refractivity contribution is -0.144. The van der Waals surface area contributed by atoms with Gasteiger partial charge in [-0.2, -0.15) is 4.98 Å². The predicted octanol–water partition coefficient (Wildman–Crippen LogP) is -0.894. The SMILES string of the molecule is COCCSSC[C@H](NC(=O)[C@H](CC(=O)O)CC(=O)[C@H](CCCN=C(N)N)NC(=O)[C@H](CC(=O)O)CC(=O)CC[C@H](NC(=O)c1ccc(NCc2cnc3nc(N)[nH]c(=O)c3n2)cc1)C(=O)O)C(=O)O. The maximum atomic E-state index is 13.7. The van der Waals surface area contributed by atoms with Crippen LogP contribution < -0.4 is 44.0 Å². The van der Waals surface area contributed by atoms with E-state index in [-0.39, 0.29) is 60.3 Å². The summed E-state index contributed by atoms with van der Waals surface area (Å²) >= 11 is 0. The lowest BCUT2D eigenvalue weighted by atomic mass is 9.91. The molecule has 0 fully saturated rings. The Labute approximate surface area is 405 Å². The summed E-state index contributed by atoms with van der Waals surface area (Å²) < 4.78 is 4.94. The average molecular weight is 1020 g/mol. The largest absolute Gasteiger partial charge is 0.481 e. The smallest absolute Gasteiger partial charge is 0.327 e. The van der Waals surface area contributed by atoms with E-state index in [0.29, 0.717) is 23.7 Å². The van der Waals surface area contributed by atoms with Crippen molar-refractivity contribution in [3.8, 4) is 0 Å². The molecule has 380 valence electrons. The zero-order chi connectivity index (χ0) is 51.9. The molecule has 2 heterocycles. The second-order valence-corrected chi connectivity index (χ2v) is 18.0. The summed E-state index contributed by atoms with van der Waals surface area (Å²) in [5.74, 6) is -13.8. The van der Waals surface area contributed by atoms with E-state index in [9.17, 15) is 68.4 Å². The second-order valence-electron chi connectivity index (χ2n) is 15.3. The number of aromatic nitrogens is 4. The fraction of sp³-hybridized carbons (Fsp3) is 0.463. The molecule has 0 bridgehead atoms. The van der Waals surface area contributed by atoms with Gasteiger partial charge in [-0.1, -0.05) is 21.6 Å². The number of nitrogen functional groups attached to an aromatic ring is 1. The number of methoxy groups -OCH3 is 1. The van der Waals surface area contributed by atoms with Crippen molar-refractivity contribution in [3.63, 3.8) is 0 Å². The molecule has 0 saturated carbocycles. The normalized spacial score (nSPS) is 13.1. The molecule has 3 amide bonds. The number of carboxylic acids is 4. The number of aliphatic imine (C=N–C) groups is 1. The van der Waals surface area contributed by atoms with Gasteiger partial charge in [0.15, 0.2) is 22.9 Å². The van der Waals surface area contributed by atoms with E-state index < -0.39 is 127 Å². The molecule has 70 heavy (non-hydrogen) atoms. The van der Waals surface area contributed by atoms with Gasteiger partial charge >= 0.3 is 23.9 Å². The number of carbonyl (C=O) groups is 9. The Morgan fingerprint density at radius 3 is 2.03 bits per heavy atom. The van der Waals surface area contributed by atoms with Crippen LogP contribution in [0.2, 0.25) is 0 Å². The Balaban J connectivity index is 1.66. The summed E-state index contributed by atoms with van der Waals surface area (Å²) in [7, 11) is 3.87. The number of rotatable bonds is 33. The van der Waals surface area contributed by atoms with E-state index in [1.54, 1.807) is 0 Å². The fourth-order valence-corrected chi connectivity index (χ4v) is 8.42. The van der Waals surface area contributed by atoms with Crippen molar-refractivity contribution in [3.05, 3.63) is 52.1 Å². The summed E-state index contributed by atoms with van der Waals surface area (Å²) in [6, 6.07) is 1.25. The van der Waals surface area contributed by atoms with Crippen LogP contribution in [-0.2, 0) is 49.6 Å². The van der Waals surface area contributed by atoms with Crippen LogP contribution in [0.1, 0.15) is 67.4 Å². The van der Waals surface area contributed by atoms with E-state index in [1.165, 1.54) is 48.4 Å². The zero-order valence-corrected chi connectivity index (χ0v) is 39.2. The third-order valence-electron chi connectivity index (χ3n) is 9.88. The van der Waals surface area contributed by atoms with Crippen molar-refractivity contribution in [1.29, 1.82) is 0 Å². The number of carbonyl (C=O) groups excluding carboxylic acids is 5. The number of carboxylic acid groups (broad SMARTS) is 4. The highest BCUT2D eigenvalue weighted by molar-refractivity contribution is 8.76. The van der Waals surface area contributed by atoms with E-state index in [4.69, 9.17) is 21.9 Å². The number of ketones is 2. The minimum atomic E-state index is -1.61. The second kappa shape index (κ2) is 28.8. The summed E-state index contributed by atoms with van der Waals surface area (Å²) in [5, 5.41) is 48.8. The Bertz CT molecular complexity index is 2460. The van der Waals surface area contributed by atoms with Gasteiger partial charge in [-0.15, -0.1) is 0 Å². The standard InChI is InChI=1S/C41H54N12O15S2/c1-68-11-12-69-70-19-28(39(66)67)51-36(62)22(16-31(58)59)14-29(55)26(3-2-10-45-40(42)43)49-35(61)21(15-30(56)57)13-25(54)8-9-27(38(64)65)50-34(60)20-4-6-23(7-5-20)46-17-24-18-47-33-32(48-24)37(63)53-41(44)52-33/h4-7,18,21-22,26-28,46H,2-3,8-17,19H2,1H3,(H,49,61)(H,50,60)(H,51,62)(H,56,57)(H,58,59)(H,64,65)(H,66,67)(H4,42,43,45)(H3,44,47,52,53,63)/t21-,22-,26-,27-,28-/m0/s1. The summed E-state index contributed by atoms with van der Waals surface area (Å²) in [4.78, 5) is 145. The number of hydrogen-bond acceptors (Lipinski definition) is 19. The molecule has 1 aromatic carbocycles. The molecule has 3 rings (SSSR count). The van der Waals surface area contributed by atoms with Gasteiger partial charge in [0.25, 0.3) is 11.5 Å². The molecule has 3 aromatic rings. The van der Waals surface area contributed by atoms with E-state index in [0.717, 1.165) is 10.8 Å². The summed E-state index contributed by atoms with van der Waals surface area (Å²) in [6.07, 6.45) is -3.15. The number of nitrogens with zero attached hydrogens (tertiary/aromatic N) is 4. The van der Waals surface area contributed by atoms with Crippen LogP contribution in [0.25, 0.3) is 11.2 Å². The van der Waals surface area contributed by atoms with E-state index in [1.807, 2.05) is 0 Å². The minimum Gasteiger partial charge on any atom is -0.481 e. The van der Waals surface area contributed by atoms with E-state index >= 15 is 0 Å². The molecule has 0 aliphatic heterocycles. The highest BCUT2D eigenvalue weighted by Crippen LogP contribution is 2.23. The molecular weight excluding hydrogens is 965 g/mol. The number of nitrogens with one attached hydrogen (secondary N) is 5. The fourth-order valence-electron chi connectivity index (χ4n) is 6.35. The number of anilines is 2. The van der Waals surface area contributed by atoms with E-state index in [2.05, 4.69) is 46.2 Å². The molecule has 0 aliphatic carbocycles. The molecule has 2 aromatic heterocycles. The van der Waals surface area contributed by atoms with Gasteiger partial charge < -0.3 is 63.6 Å². The van der Waals surface area contributed by atoms with Crippen LogP contribution in [-0.4, -0.2) is 149 Å². The Morgan fingerprint density at radius 2 is 1.43 bits per heavy atom. The van der Waals surface area contributed by atoms with Crippen LogP contribution in [0.4, 0.5) is 11.6 Å². The monoisotopic (exact) mass is 1020 g/mol. The first-order chi connectivity index (χ1) is 33.2. The summed E-state index contributed by atoms with van der Waals surface area (Å²) in [6.45, 7) is 0.445. The van der Waals surface area contributed by atoms with Crippen molar-refractivity contribution in [2.75, 3.05) is 42.8 Å². The number of ether oxygens (including phenoxy) is 1. The number of H-pyrrole nitrogens is 1. The number of hydrogen-bond donors (Lipinski definition) is 12. The first kappa shape index (κ1) is 56.9. The number of nitrogens with two attached hydrogens (primary N) is 3. The van der Waals surface area contributed by atoms with Crippen molar-refractivity contribution >= 4 is 104 Å². The number of Topliss-reactive ketones (excluding diaryl/α,β-unsaturated/α-hetero) is 2. The molecule has 0 spiro atoms. The molecule has 0 unspecified atom stereocenters. The van der Waals surface area contributed by atoms with Gasteiger partial charge in [-0.25, -0.2) is 19.6 Å². The number of amides is 3. The van der Waals surface area contributed by atoms with Crippen LogP contribution >= 0.6 is 21.6 Å². The first-order valence-corrected chi connectivity index (χ1v) is 23.6. The lowest BCUT2D eigenvalue weighted by Crippen LogP contribution is -2.48. The molecule has 27 nitrogen and oxygen atoms in total. The highest BCUT2D eigenvalue weighted by Gasteiger charge is 2.34. The maximum absolute atomic E-state index is 13.7. The quantitative estimate of drug-likeness (QED) is 0.0152. The number of benzene rings is 1.